The molecule has 1 aliphatic rings. The van der Waals surface area contributed by atoms with Gasteiger partial charge in [0.2, 0.25) is 0 Å². The summed E-state index contributed by atoms with van der Waals surface area (Å²) in [6.45, 7) is 5.31. The summed E-state index contributed by atoms with van der Waals surface area (Å²) in [7, 11) is 0. The third-order valence-electron chi connectivity index (χ3n) is 3.96. The number of benzene rings is 1. The predicted octanol–water partition coefficient (Wildman–Crippen LogP) is 4.42. The van der Waals surface area contributed by atoms with E-state index >= 15 is 0 Å². The van der Waals surface area contributed by atoms with Crippen molar-refractivity contribution in [2.45, 2.75) is 45.3 Å². The second-order valence-electron chi connectivity index (χ2n) is 5.80. The van der Waals surface area contributed by atoms with Crippen molar-refractivity contribution >= 4 is 17.0 Å². The van der Waals surface area contributed by atoms with Gasteiger partial charge in [0, 0.05) is 24.8 Å². The summed E-state index contributed by atoms with van der Waals surface area (Å²) in [6.07, 6.45) is 3.85. The van der Waals surface area contributed by atoms with E-state index in [9.17, 15) is 0 Å². The minimum absolute atomic E-state index is 0.734. The summed E-state index contributed by atoms with van der Waals surface area (Å²) in [5.41, 5.74) is 4.27. The maximum atomic E-state index is 3.54. The van der Waals surface area contributed by atoms with Crippen LogP contribution < -0.4 is 10.2 Å². The minimum atomic E-state index is 0.734. The Balaban J connectivity index is 1.78. The first-order chi connectivity index (χ1) is 10.4. The molecule has 1 aliphatic carbocycles. The van der Waals surface area contributed by atoms with Crippen molar-refractivity contribution in [3.05, 3.63) is 52.2 Å². The van der Waals surface area contributed by atoms with Crippen molar-refractivity contribution in [1.29, 1.82) is 0 Å². The zero-order valence-corrected chi connectivity index (χ0v) is 13.5. The van der Waals surface area contributed by atoms with E-state index in [1.165, 1.54) is 36.1 Å². The van der Waals surface area contributed by atoms with Crippen molar-refractivity contribution in [1.82, 2.24) is 5.32 Å². The first kappa shape index (κ1) is 14.6. The normalized spacial score (nSPS) is 14.3. The van der Waals surface area contributed by atoms with Gasteiger partial charge in [0.25, 0.3) is 0 Å². The van der Waals surface area contributed by atoms with Crippen LogP contribution in [-0.2, 0) is 13.1 Å². The monoisotopic (exact) mass is 300 g/mol. The molecule has 21 heavy (non-hydrogen) atoms. The van der Waals surface area contributed by atoms with Crippen LogP contribution in [0.4, 0.5) is 5.69 Å². The third kappa shape index (κ3) is 3.86. The number of rotatable bonds is 8. The standard InChI is InChI=1S/C18H24N2S/c1-2-10-19-12-16-5-3-4-6-18(16)20(17-7-8-17)13-15-9-11-21-14-15/h3-6,9,11,14,17,19H,2,7-8,10,12-13H2,1H3. The molecule has 0 amide bonds. The largest absolute Gasteiger partial charge is 0.364 e. The molecule has 112 valence electrons. The molecule has 0 atom stereocenters. The van der Waals surface area contributed by atoms with Crippen LogP contribution in [0, 0.1) is 0 Å². The van der Waals surface area contributed by atoms with E-state index in [0.29, 0.717) is 0 Å². The van der Waals surface area contributed by atoms with Crippen LogP contribution in [0.1, 0.15) is 37.3 Å². The summed E-state index contributed by atoms with van der Waals surface area (Å²) in [6, 6.07) is 11.9. The third-order valence-corrected chi connectivity index (χ3v) is 4.70. The lowest BCUT2D eigenvalue weighted by Gasteiger charge is -2.27. The summed E-state index contributed by atoms with van der Waals surface area (Å²) < 4.78 is 0. The Morgan fingerprint density at radius 2 is 2.10 bits per heavy atom. The Kier molecular flexibility index (Phi) is 4.94. The van der Waals surface area contributed by atoms with Gasteiger partial charge in [0.15, 0.2) is 0 Å². The van der Waals surface area contributed by atoms with Crippen LogP contribution in [0.5, 0.6) is 0 Å². The van der Waals surface area contributed by atoms with Gasteiger partial charge in [-0.3, -0.25) is 0 Å². The quantitative estimate of drug-likeness (QED) is 0.726. The Morgan fingerprint density at radius 1 is 1.24 bits per heavy atom. The average Bonchev–Trinajstić information content (AvgIpc) is 3.22. The fourth-order valence-electron chi connectivity index (χ4n) is 2.72. The van der Waals surface area contributed by atoms with Crippen LogP contribution in [0.3, 0.4) is 0 Å². The zero-order valence-electron chi connectivity index (χ0n) is 12.7. The molecular formula is C18H24N2S. The van der Waals surface area contributed by atoms with Gasteiger partial charge in [-0.2, -0.15) is 11.3 Å². The lowest BCUT2D eigenvalue weighted by Crippen LogP contribution is -2.27. The Morgan fingerprint density at radius 3 is 2.81 bits per heavy atom. The minimum Gasteiger partial charge on any atom is -0.364 e. The highest BCUT2D eigenvalue weighted by molar-refractivity contribution is 7.07. The molecule has 1 aromatic carbocycles. The number of thiophene rings is 1. The molecule has 1 heterocycles. The number of anilines is 1. The molecule has 1 saturated carbocycles. The molecule has 1 aromatic heterocycles. The second-order valence-corrected chi connectivity index (χ2v) is 6.58. The summed E-state index contributed by atoms with van der Waals surface area (Å²) >= 11 is 1.79. The SMILES string of the molecule is CCCNCc1ccccc1N(Cc1ccsc1)C1CC1. The molecule has 1 fully saturated rings. The van der Waals surface area contributed by atoms with Crippen molar-refractivity contribution in [2.24, 2.45) is 0 Å². The lowest BCUT2D eigenvalue weighted by molar-refractivity contribution is 0.670. The van der Waals surface area contributed by atoms with E-state index in [1.807, 2.05) is 0 Å². The van der Waals surface area contributed by atoms with E-state index in [-0.39, 0.29) is 0 Å². The molecular weight excluding hydrogens is 276 g/mol. The van der Waals surface area contributed by atoms with Crippen molar-refractivity contribution in [3.63, 3.8) is 0 Å². The first-order valence-corrected chi connectivity index (χ1v) is 8.89. The van der Waals surface area contributed by atoms with Crippen LogP contribution in [0.25, 0.3) is 0 Å². The van der Waals surface area contributed by atoms with Gasteiger partial charge < -0.3 is 10.2 Å². The molecule has 0 radical (unpaired) electrons. The molecule has 3 rings (SSSR count). The van der Waals surface area contributed by atoms with Gasteiger partial charge in [0.05, 0.1) is 0 Å². The van der Waals surface area contributed by atoms with E-state index < -0.39 is 0 Å². The Labute approximate surface area is 131 Å². The maximum Gasteiger partial charge on any atom is 0.0440 e. The zero-order chi connectivity index (χ0) is 14.5. The van der Waals surface area contributed by atoms with Gasteiger partial charge in [-0.25, -0.2) is 0 Å². The highest BCUT2D eigenvalue weighted by atomic mass is 32.1. The molecule has 0 aliphatic heterocycles. The van der Waals surface area contributed by atoms with E-state index in [4.69, 9.17) is 0 Å². The number of nitrogens with zero attached hydrogens (tertiary/aromatic N) is 1. The molecule has 0 spiro atoms. The van der Waals surface area contributed by atoms with Crippen molar-refractivity contribution in [3.8, 4) is 0 Å². The van der Waals surface area contributed by atoms with Gasteiger partial charge in [0.1, 0.15) is 0 Å². The summed E-state index contributed by atoms with van der Waals surface area (Å²) in [5, 5.41) is 7.99. The van der Waals surface area contributed by atoms with Gasteiger partial charge in [-0.1, -0.05) is 25.1 Å². The van der Waals surface area contributed by atoms with Crippen LogP contribution in [-0.4, -0.2) is 12.6 Å². The van der Waals surface area contributed by atoms with E-state index in [2.05, 4.69) is 58.2 Å². The second kappa shape index (κ2) is 7.10. The topological polar surface area (TPSA) is 15.3 Å². The van der Waals surface area contributed by atoms with Crippen LogP contribution in [0.2, 0.25) is 0 Å². The highest BCUT2D eigenvalue weighted by Gasteiger charge is 2.30. The summed E-state index contributed by atoms with van der Waals surface area (Å²) in [4.78, 5) is 2.60. The lowest BCUT2D eigenvalue weighted by atomic mass is 10.1. The Bertz CT molecular complexity index is 546. The van der Waals surface area contributed by atoms with Gasteiger partial charge in [-0.05, 0) is 59.8 Å². The molecule has 2 aromatic rings. The van der Waals surface area contributed by atoms with E-state index in [0.717, 1.165) is 25.7 Å². The Hall–Kier alpha value is -1.32. The smallest absolute Gasteiger partial charge is 0.0440 e. The molecule has 0 unspecified atom stereocenters. The number of hydrogen-bond donors (Lipinski definition) is 1. The predicted molar refractivity (Wildman–Crippen MR) is 92.0 cm³/mol. The molecule has 0 bridgehead atoms. The molecule has 1 N–H and O–H groups in total. The van der Waals surface area contributed by atoms with Crippen molar-refractivity contribution in [2.75, 3.05) is 11.4 Å². The first-order valence-electron chi connectivity index (χ1n) is 7.95. The molecule has 0 saturated heterocycles. The van der Waals surface area contributed by atoms with Crippen LogP contribution in [0.15, 0.2) is 41.1 Å². The van der Waals surface area contributed by atoms with E-state index in [1.54, 1.807) is 11.3 Å². The van der Waals surface area contributed by atoms with Crippen molar-refractivity contribution < 1.29 is 0 Å². The van der Waals surface area contributed by atoms with Gasteiger partial charge in [-0.15, -0.1) is 0 Å². The van der Waals surface area contributed by atoms with Gasteiger partial charge >= 0.3 is 0 Å². The highest BCUT2D eigenvalue weighted by Crippen LogP contribution is 2.35. The fourth-order valence-corrected chi connectivity index (χ4v) is 3.38. The number of hydrogen-bond acceptors (Lipinski definition) is 3. The number of nitrogens with one attached hydrogen (secondary N) is 1. The molecule has 2 nitrogen and oxygen atoms in total. The molecule has 3 heteroatoms. The van der Waals surface area contributed by atoms with Crippen LogP contribution >= 0.6 is 11.3 Å². The maximum absolute atomic E-state index is 3.54. The summed E-state index contributed by atoms with van der Waals surface area (Å²) in [5.74, 6) is 0. The number of para-hydroxylation sites is 1. The average molecular weight is 300 g/mol. The fraction of sp³-hybridized carbons (Fsp3) is 0.444.